The highest BCUT2D eigenvalue weighted by atomic mass is 16.5. The van der Waals surface area contributed by atoms with Crippen LogP contribution in [0, 0.1) is 0 Å². The van der Waals surface area contributed by atoms with Crippen LogP contribution in [0.2, 0.25) is 0 Å². The highest BCUT2D eigenvalue weighted by molar-refractivity contribution is 5.88. The van der Waals surface area contributed by atoms with Crippen molar-refractivity contribution in [2.75, 3.05) is 13.7 Å². The van der Waals surface area contributed by atoms with Crippen LogP contribution in [0.1, 0.15) is 17.5 Å². The Morgan fingerprint density at radius 2 is 2.32 bits per heavy atom. The first-order valence-electron chi connectivity index (χ1n) is 6.80. The third-order valence-electron chi connectivity index (χ3n) is 4.73. The molecule has 2 aliphatic rings. The summed E-state index contributed by atoms with van der Waals surface area (Å²) >= 11 is 0. The molecule has 4 nitrogen and oxygen atoms in total. The molecule has 2 heterocycles. The highest BCUT2D eigenvalue weighted by Crippen LogP contribution is 2.45. The molecule has 0 saturated carbocycles. The van der Waals surface area contributed by atoms with Crippen molar-refractivity contribution in [1.82, 2.24) is 10.3 Å². The molecular weight excluding hydrogens is 240 g/mol. The molecule has 1 aliphatic heterocycles. The minimum Gasteiger partial charge on any atom is -0.392 e. The number of H-pyrrole nitrogens is 1. The van der Waals surface area contributed by atoms with E-state index in [2.05, 4.69) is 34.7 Å². The highest BCUT2D eigenvalue weighted by Gasteiger charge is 2.49. The van der Waals surface area contributed by atoms with Crippen molar-refractivity contribution in [2.45, 2.75) is 30.6 Å². The zero-order valence-electron chi connectivity index (χ0n) is 10.9. The van der Waals surface area contributed by atoms with E-state index < -0.39 is 5.60 Å². The molecule has 4 heteroatoms. The van der Waals surface area contributed by atoms with E-state index in [1.807, 2.05) is 0 Å². The molecule has 0 unspecified atom stereocenters. The van der Waals surface area contributed by atoms with E-state index in [4.69, 9.17) is 4.74 Å². The minimum absolute atomic E-state index is 0.231. The Hall–Kier alpha value is -1.36. The van der Waals surface area contributed by atoms with Crippen molar-refractivity contribution >= 4 is 10.9 Å². The van der Waals surface area contributed by atoms with Crippen LogP contribution in [0.3, 0.4) is 0 Å². The van der Waals surface area contributed by atoms with Gasteiger partial charge in [0.2, 0.25) is 0 Å². The summed E-state index contributed by atoms with van der Waals surface area (Å²) in [5.74, 6) is 0. The number of hydrogen-bond donors (Lipinski definition) is 3. The Morgan fingerprint density at radius 1 is 1.42 bits per heavy atom. The molecular formula is C15H18N2O2. The van der Waals surface area contributed by atoms with Crippen LogP contribution in [0.5, 0.6) is 0 Å². The number of ether oxygens (including phenoxy) is 1. The topological polar surface area (TPSA) is 57.3 Å². The normalized spacial score (nSPS) is 33.4. The van der Waals surface area contributed by atoms with Gasteiger partial charge in [0.25, 0.3) is 0 Å². The molecule has 1 aliphatic carbocycles. The second-order valence-corrected chi connectivity index (χ2v) is 5.66. The molecule has 100 valence electrons. The van der Waals surface area contributed by atoms with Gasteiger partial charge >= 0.3 is 0 Å². The lowest BCUT2D eigenvalue weighted by Gasteiger charge is -2.48. The van der Waals surface area contributed by atoms with Crippen LogP contribution in [0.15, 0.2) is 24.4 Å². The lowest BCUT2D eigenvalue weighted by molar-refractivity contribution is -0.100. The second kappa shape index (κ2) is 3.82. The summed E-state index contributed by atoms with van der Waals surface area (Å²) in [6.45, 7) is 0.644. The average molecular weight is 258 g/mol. The van der Waals surface area contributed by atoms with Gasteiger partial charge < -0.3 is 20.1 Å². The van der Waals surface area contributed by atoms with Gasteiger partial charge in [0.05, 0.1) is 6.10 Å². The number of rotatable bonds is 1. The molecule has 19 heavy (non-hydrogen) atoms. The molecule has 4 rings (SSSR count). The van der Waals surface area contributed by atoms with Crippen LogP contribution in [-0.4, -0.2) is 35.9 Å². The summed E-state index contributed by atoms with van der Waals surface area (Å²) in [4.78, 5) is 3.34. The van der Waals surface area contributed by atoms with Crippen molar-refractivity contribution in [2.24, 2.45) is 0 Å². The lowest BCUT2D eigenvalue weighted by atomic mass is 9.71. The predicted molar refractivity (Wildman–Crippen MR) is 73.1 cm³/mol. The van der Waals surface area contributed by atoms with Crippen molar-refractivity contribution < 1.29 is 9.84 Å². The van der Waals surface area contributed by atoms with Gasteiger partial charge in [-0.1, -0.05) is 12.1 Å². The van der Waals surface area contributed by atoms with Crippen molar-refractivity contribution in [3.8, 4) is 0 Å². The molecule has 2 aromatic rings. The third-order valence-corrected chi connectivity index (χ3v) is 4.73. The number of β-amino-alcohol motifs (C(OH)–C–C–N with tert-alkyl or cyclic N) is 1. The van der Waals surface area contributed by atoms with Crippen molar-refractivity contribution in [3.05, 3.63) is 35.5 Å². The van der Waals surface area contributed by atoms with Crippen molar-refractivity contribution in [3.63, 3.8) is 0 Å². The summed E-state index contributed by atoms with van der Waals surface area (Å²) < 4.78 is 5.93. The first-order valence-corrected chi connectivity index (χ1v) is 6.80. The zero-order valence-corrected chi connectivity index (χ0v) is 10.9. The number of nitrogens with one attached hydrogen (secondary N) is 2. The molecule has 3 N–H and O–H groups in total. The summed E-state index contributed by atoms with van der Waals surface area (Å²) in [5.41, 5.74) is 3.28. The average Bonchev–Trinajstić information content (AvgIpc) is 2.84. The first-order chi connectivity index (χ1) is 9.24. The van der Waals surface area contributed by atoms with E-state index in [0.717, 1.165) is 11.9 Å². The number of fused-ring (bicyclic) bond motifs is 2. The quantitative estimate of drug-likeness (QED) is 0.722. The van der Waals surface area contributed by atoms with E-state index in [1.54, 1.807) is 7.11 Å². The predicted octanol–water partition coefficient (Wildman–Crippen LogP) is 1.29. The zero-order chi connectivity index (χ0) is 13.0. The number of aliphatic hydroxyl groups is 1. The van der Waals surface area contributed by atoms with Gasteiger partial charge in [-0.15, -0.1) is 0 Å². The second-order valence-electron chi connectivity index (χ2n) is 5.66. The van der Waals surface area contributed by atoms with Crippen LogP contribution < -0.4 is 5.32 Å². The van der Waals surface area contributed by atoms with Gasteiger partial charge in [0, 0.05) is 43.2 Å². The van der Waals surface area contributed by atoms with Gasteiger partial charge in [-0.3, -0.25) is 0 Å². The number of aromatic amines is 1. The van der Waals surface area contributed by atoms with Gasteiger partial charge in [-0.25, -0.2) is 0 Å². The third kappa shape index (κ3) is 1.39. The molecule has 1 fully saturated rings. The lowest BCUT2D eigenvalue weighted by Crippen LogP contribution is -2.60. The van der Waals surface area contributed by atoms with E-state index in [1.165, 1.54) is 16.5 Å². The van der Waals surface area contributed by atoms with Gasteiger partial charge in [0.1, 0.15) is 5.60 Å². The molecule has 1 aromatic carbocycles. The minimum atomic E-state index is -0.410. The maximum atomic E-state index is 10.0. The molecule has 0 radical (unpaired) electrons. The number of methoxy groups -OCH3 is 1. The summed E-state index contributed by atoms with van der Waals surface area (Å²) in [6, 6.07) is 6.52. The van der Waals surface area contributed by atoms with Gasteiger partial charge in [-0.05, 0) is 23.6 Å². The number of aromatic nitrogens is 1. The Labute approximate surface area is 111 Å². The number of hydrogen-bond acceptors (Lipinski definition) is 3. The maximum absolute atomic E-state index is 10.0. The van der Waals surface area contributed by atoms with Gasteiger partial charge in [-0.2, -0.15) is 0 Å². The van der Waals surface area contributed by atoms with Crippen LogP contribution in [0.4, 0.5) is 0 Å². The molecule has 0 spiro atoms. The molecule has 0 amide bonds. The Morgan fingerprint density at radius 3 is 3.16 bits per heavy atom. The molecule has 1 saturated heterocycles. The molecule has 3 atom stereocenters. The fourth-order valence-corrected chi connectivity index (χ4v) is 3.87. The molecule has 0 bridgehead atoms. The number of benzene rings is 1. The van der Waals surface area contributed by atoms with Gasteiger partial charge in [0.15, 0.2) is 0 Å². The van der Waals surface area contributed by atoms with Crippen molar-refractivity contribution in [1.29, 1.82) is 0 Å². The summed E-state index contributed by atoms with van der Waals surface area (Å²) in [6.07, 6.45) is 3.34. The van der Waals surface area contributed by atoms with Crippen LogP contribution in [-0.2, 0) is 16.8 Å². The van der Waals surface area contributed by atoms with Crippen LogP contribution in [0.25, 0.3) is 10.9 Å². The summed E-state index contributed by atoms with van der Waals surface area (Å²) in [5, 5.41) is 14.8. The maximum Gasteiger partial charge on any atom is 0.111 e. The monoisotopic (exact) mass is 258 g/mol. The summed E-state index contributed by atoms with van der Waals surface area (Å²) in [7, 11) is 1.75. The SMILES string of the molecule is CO[C@]12C[C@H](O)CN[C@@H]1Cc1c[nH]c3cccc2c13. The Kier molecular flexibility index (Phi) is 2.31. The van der Waals surface area contributed by atoms with E-state index >= 15 is 0 Å². The first kappa shape index (κ1) is 11.5. The Balaban J connectivity index is 2.00. The van der Waals surface area contributed by atoms with E-state index in [0.29, 0.717) is 13.0 Å². The number of aliphatic hydroxyl groups excluding tert-OH is 1. The van der Waals surface area contributed by atoms with Crippen LogP contribution >= 0.6 is 0 Å². The van der Waals surface area contributed by atoms with E-state index in [-0.39, 0.29) is 12.1 Å². The Bertz CT molecular complexity index is 636. The fourth-order valence-electron chi connectivity index (χ4n) is 3.87. The van der Waals surface area contributed by atoms with E-state index in [9.17, 15) is 5.11 Å². The molecule has 1 aromatic heterocycles. The fraction of sp³-hybridized carbons (Fsp3) is 0.467. The number of piperidine rings is 1. The smallest absolute Gasteiger partial charge is 0.111 e. The largest absolute Gasteiger partial charge is 0.392 e. The standard InChI is InChI=1S/C15H18N2O2/c1-19-15-6-10(18)8-17-13(15)5-9-7-16-12-4-2-3-11(15)14(9)12/h2-4,7,10,13,16-18H,5-6,8H2,1H3/t10-,13+,15-/m0/s1.